The molecule has 1 aliphatic rings. The molecule has 0 aliphatic heterocycles. The molecule has 0 radical (unpaired) electrons. The van der Waals surface area contributed by atoms with Crippen LogP contribution in [0.4, 0.5) is 0 Å². The molecule has 2 amide bonds. The molecule has 0 saturated heterocycles. The van der Waals surface area contributed by atoms with Crippen LogP contribution in [-0.2, 0) is 12.8 Å². The Balaban J connectivity index is 1.37. The number of aryl methyl sites for hydroxylation is 3. The molecule has 3 aromatic rings. The van der Waals surface area contributed by atoms with Gasteiger partial charge in [0.15, 0.2) is 5.82 Å². The van der Waals surface area contributed by atoms with E-state index < -0.39 is 5.91 Å². The monoisotopic (exact) mass is 368 g/mol. The number of hydrogen-bond acceptors (Lipinski definition) is 6. The minimum absolute atomic E-state index is 0.296. The highest BCUT2D eigenvalue weighted by molar-refractivity contribution is 7.14. The maximum atomic E-state index is 12.2. The van der Waals surface area contributed by atoms with Crippen LogP contribution in [0.15, 0.2) is 34.9 Å². The summed E-state index contributed by atoms with van der Waals surface area (Å²) < 4.78 is 5.09. The summed E-state index contributed by atoms with van der Waals surface area (Å²) in [7, 11) is 0. The molecule has 4 rings (SSSR count). The fraction of sp³-hybridized carbons (Fsp3) is 0.222. The molecule has 0 spiro atoms. The lowest BCUT2D eigenvalue weighted by molar-refractivity contribution is 0.0849. The molecule has 26 heavy (non-hydrogen) atoms. The first-order valence-corrected chi connectivity index (χ1v) is 9.05. The van der Waals surface area contributed by atoms with Crippen LogP contribution >= 0.6 is 11.3 Å². The van der Waals surface area contributed by atoms with Gasteiger partial charge in [-0.25, -0.2) is 0 Å². The second-order valence-electron chi connectivity index (χ2n) is 6.04. The molecular weight excluding hydrogens is 352 g/mol. The third-order valence-corrected chi connectivity index (χ3v) is 5.42. The molecule has 2 heterocycles. The highest BCUT2D eigenvalue weighted by Gasteiger charge is 2.19. The second-order valence-corrected chi connectivity index (χ2v) is 7.18. The van der Waals surface area contributed by atoms with E-state index in [-0.39, 0.29) is 5.91 Å². The quantitative estimate of drug-likeness (QED) is 0.693. The minimum atomic E-state index is -0.393. The van der Waals surface area contributed by atoms with Gasteiger partial charge in [-0.05, 0) is 62.1 Å². The average Bonchev–Trinajstić information content (AvgIpc) is 3.35. The Hall–Kier alpha value is -3.00. The van der Waals surface area contributed by atoms with Crippen LogP contribution in [0.2, 0.25) is 0 Å². The molecule has 2 N–H and O–H groups in total. The number of hydrogen-bond donors (Lipinski definition) is 2. The topological polar surface area (TPSA) is 97.1 Å². The number of nitrogens with one attached hydrogen (secondary N) is 2. The molecule has 0 fully saturated rings. The van der Waals surface area contributed by atoms with Gasteiger partial charge in [-0.1, -0.05) is 5.16 Å². The van der Waals surface area contributed by atoms with E-state index in [9.17, 15) is 9.59 Å². The summed E-state index contributed by atoms with van der Waals surface area (Å²) in [5, 5.41) is 3.73. The van der Waals surface area contributed by atoms with Gasteiger partial charge in [-0.2, -0.15) is 4.98 Å². The lowest BCUT2D eigenvalue weighted by atomic mass is 10.1. The smallest absolute Gasteiger partial charge is 0.279 e. The average molecular weight is 368 g/mol. The van der Waals surface area contributed by atoms with Gasteiger partial charge in [0.05, 0.1) is 4.88 Å². The van der Waals surface area contributed by atoms with Crippen molar-refractivity contribution in [2.75, 3.05) is 0 Å². The van der Waals surface area contributed by atoms with Gasteiger partial charge in [0, 0.05) is 16.0 Å². The van der Waals surface area contributed by atoms with E-state index in [1.165, 1.54) is 21.8 Å². The Bertz CT molecular complexity index is 953. The van der Waals surface area contributed by atoms with Gasteiger partial charge in [0.2, 0.25) is 0 Å². The summed E-state index contributed by atoms with van der Waals surface area (Å²) in [5.41, 5.74) is 7.29. The number of aromatic nitrogens is 2. The number of fused-ring (bicyclic) bond motifs is 1. The van der Waals surface area contributed by atoms with E-state index in [4.69, 9.17) is 4.52 Å². The fourth-order valence-electron chi connectivity index (χ4n) is 2.87. The van der Waals surface area contributed by atoms with Gasteiger partial charge in [-0.15, -0.1) is 11.3 Å². The van der Waals surface area contributed by atoms with Crippen molar-refractivity contribution >= 4 is 23.2 Å². The van der Waals surface area contributed by atoms with E-state index in [1.807, 2.05) is 6.07 Å². The zero-order valence-corrected chi connectivity index (χ0v) is 14.9. The van der Waals surface area contributed by atoms with Crippen molar-refractivity contribution in [3.63, 3.8) is 0 Å². The number of rotatable bonds is 3. The zero-order chi connectivity index (χ0) is 18.1. The highest BCUT2D eigenvalue weighted by atomic mass is 32.1. The third-order valence-electron chi connectivity index (χ3n) is 4.18. The molecule has 0 saturated carbocycles. The molecule has 0 atom stereocenters. The summed E-state index contributed by atoms with van der Waals surface area (Å²) in [4.78, 5) is 30.4. The molecule has 0 bridgehead atoms. The van der Waals surface area contributed by atoms with Crippen molar-refractivity contribution in [2.45, 2.75) is 26.2 Å². The van der Waals surface area contributed by atoms with Crippen molar-refractivity contribution in [1.82, 2.24) is 21.0 Å². The van der Waals surface area contributed by atoms with Crippen LogP contribution in [0.25, 0.3) is 11.5 Å². The van der Waals surface area contributed by atoms with Gasteiger partial charge in [0.25, 0.3) is 17.7 Å². The van der Waals surface area contributed by atoms with E-state index in [0.717, 1.165) is 24.8 Å². The molecule has 1 aromatic carbocycles. The summed E-state index contributed by atoms with van der Waals surface area (Å²) in [6.07, 6.45) is 3.21. The van der Waals surface area contributed by atoms with Gasteiger partial charge in [0.1, 0.15) is 0 Å². The van der Waals surface area contributed by atoms with Crippen molar-refractivity contribution in [3.8, 4) is 11.5 Å². The number of hydrazine groups is 1. The summed E-state index contributed by atoms with van der Waals surface area (Å²) in [6, 6.07) is 8.61. The van der Waals surface area contributed by atoms with Crippen molar-refractivity contribution < 1.29 is 14.1 Å². The van der Waals surface area contributed by atoms with E-state index in [1.54, 1.807) is 31.2 Å². The first-order chi connectivity index (χ1) is 12.6. The number of amides is 2. The van der Waals surface area contributed by atoms with Crippen molar-refractivity contribution in [3.05, 3.63) is 57.0 Å². The second kappa shape index (κ2) is 6.72. The number of carbonyl (C=O) groups is 2. The first-order valence-electron chi connectivity index (χ1n) is 8.23. The van der Waals surface area contributed by atoms with Gasteiger partial charge in [-0.3, -0.25) is 20.4 Å². The molecule has 7 nitrogen and oxygen atoms in total. The minimum Gasteiger partial charge on any atom is -0.334 e. The lowest BCUT2D eigenvalue weighted by Crippen LogP contribution is -2.41. The summed E-state index contributed by atoms with van der Waals surface area (Å²) >= 11 is 1.49. The Labute approximate surface area is 153 Å². The molecule has 8 heteroatoms. The lowest BCUT2D eigenvalue weighted by Gasteiger charge is -2.06. The fourth-order valence-corrected chi connectivity index (χ4v) is 4.02. The maximum absolute atomic E-state index is 12.2. The standard InChI is InChI=1S/C18H16N4O3S/c1-10-19-18(25-22-10)12-7-5-11(6-8-12)16(23)20-21-17(24)15-9-13-3-2-4-14(13)26-15/h5-9H,2-4H2,1H3,(H,20,23)(H,21,24). The molecule has 1 aliphatic carbocycles. The Morgan fingerprint density at radius 1 is 1.12 bits per heavy atom. The van der Waals surface area contributed by atoms with E-state index >= 15 is 0 Å². The summed E-state index contributed by atoms with van der Waals surface area (Å²) in [6.45, 7) is 1.74. The van der Waals surface area contributed by atoms with Gasteiger partial charge < -0.3 is 4.52 Å². The van der Waals surface area contributed by atoms with E-state index in [2.05, 4.69) is 21.0 Å². The number of nitrogens with zero attached hydrogens (tertiary/aromatic N) is 2. The number of benzene rings is 1. The molecular formula is C18H16N4O3S. The van der Waals surface area contributed by atoms with Crippen LogP contribution in [0.1, 0.15) is 42.7 Å². The normalized spacial score (nSPS) is 12.7. The molecule has 132 valence electrons. The van der Waals surface area contributed by atoms with Gasteiger partial charge >= 0.3 is 0 Å². The van der Waals surface area contributed by atoms with Crippen LogP contribution < -0.4 is 10.9 Å². The predicted molar refractivity (Wildman–Crippen MR) is 95.7 cm³/mol. The third kappa shape index (κ3) is 3.23. The SMILES string of the molecule is Cc1noc(-c2ccc(C(=O)NNC(=O)c3cc4c(s3)CCC4)cc2)n1. The van der Waals surface area contributed by atoms with Crippen molar-refractivity contribution in [1.29, 1.82) is 0 Å². The highest BCUT2D eigenvalue weighted by Crippen LogP contribution is 2.30. The maximum Gasteiger partial charge on any atom is 0.279 e. The van der Waals surface area contributed by atoms with Crippen molar-refractivity contribution in [2.24, 2.45) is 0 Å². The Morgan fingerprint density at radius 2 is 1.88 bits per heavy atom. The first kappa shape index (κ1) is 16.5. The van der Waals surface area contributed by atoms with Crippen LogP contribution in [0.5, 0.6) is 0 Å². The molecule has 2 aromatic heterocycles. The Morgan fingerprint density at radius 3 is 2.58 bits per heavy atom. The van der Waals surface area contributed by atoms with Crippen LogP contribution in [0.3, 0.4) is 0 Å². The number of thiophene rings is 1. The summed E-state index contributed by atoms with van der Waals surface area (Å²) in [5.74, 6) is 0.254. The van der Waals surface area contributed by atoms with Crippen LogP contribution in [0, 0.1) is 6.92 Å². The van der Waals surface area contributed by atoms with E-state index in [0.29, 0.717) is 22.2 Å². The molecule has 0 unspecified atom stereocenters. The van der Waals surface area contributed by atoms with Crippen LogP contribution in [-0.4, -0.2) is 22.0 Å². The largest absolute Gasteiger partial charge is 0.334 e. The zero-order valence-electron chi connectivity index (χ0n) is 14.0. The predicted octanol–water partition coefficient (Wildman–Crippen LogP) is 2.67. The number of carbonyl (C=O) groups excluding carboxylic acids is 2. The Kier molecular flexibility index (Phi) is 4.26.